The number of amides is 2. The Balaban J connectivity index is 1.43. The molecule has 0 heterocycles. The Morgan fingerprint density at radius 1 is 0.581 bits per heavy atom. The van der Waals surface area contributed by atoms with Crippen LogP contribution in [0.5, 0.6) is 11.5 Å². The number of rotatable bonds is 14. The zero-order chi connectivity index (χ0) is 22.3. The molecule has 0 saturated carbocycles. The maximum Gasteiger partial charge on any atom is 0.251 e. The summed E-state index contributed by atoms with van der Waals surface area (Å²) in [5.41, 5.74) is 1.31. The van der Waals surface area contributed by atoms with Gasteiger partial charge in [-0.2, -0.15) is 0 Å². The van der Waals surface area contributed by atoms with E-state index in [4.69, 9.17) is 9.47 Å². The van der Waals surface area contributed by atoms with Crippen LogP contribution in [0.1, 0.15) is 65.7 Å². The maximum atomic E-state index is 12.1. The van der Waals surface area contributed by atoms with Gasteiger partial charge in [-0.25, -0.2) is 0 Å². The van der Waals surface area contributed by atoms with Crippen LogP contribution in [0.25, 0.3) is 0 Å². The fraction of sp³-hybridized carbons (Fsp3) is 0.440. The predicted octanol–water partition coefficient (Wildman–Crippen LogP) is 4.59. The number of methoxy groups -OCH3 is 2. The van der Waals surface area contributed by atoms with Gasteiger partial charge in [-0.3, -0.25) is 9.59 Å². The third-order valence-corrected chi connectivity index (χ3v) is 5.13. The summed E-state index contributed by atoms with van der Waals surface area (Å²) in [6.45, 7) is 1.39. The largest absolute Gasteiger partial charge is 0.497 e. The van der Waals surface area contributed by atoms with E-state index >= 15 is 0 Å². The van der Waals surface area contributed by atoms with Gasteiger partial charge in [-0.15, -0.1) is 0 Å². The van der Waals surface area contributed by atoms with Crippen molar-refractivity contribution in [2.24, 2.45) is 0 Å². The van der Waals surface area contributed by atoms with Gasteiger partial charge in [-0.1, -0.05) is 32.1 Å². The Morgan fingerprint density at radius 3 is 1.23 bits per heavy atom. The van der Waals surface area contributed by atoms with Crippen LogP contribution in [0.15, 0.2) is 48.5 Å². The summed E-state index contributed by atoms with van der Waals surface area (Å²) < 4.78 is 10.2. The van der Waals surface area contributed by atoms with Crippen molar-refractivity contribution in [2.45, 2.75) is 44.9 Å². The van der Waals surface area contributed by atoms with Crippen LogP contribution in [0.2, 0.25) is 0 Å². The quantitative estimate of drug-likeness (QED) is 0.433. The van der Waals surface area contributed by atoms with E-state index in [0.717, 1.165) is 50.0 Å². The van der Waals surface area contributed by atoms with Crippen molar-refractivity contribution in [1.29, 1.82) is 0 Å². The predicted molar refractivity (Wildman–Crippen MR) is 123 cm³/mol. The maximum absolute atomic E-state index is 12.1. The highest BCUT2D eigenvalue weighted by Crippen LogP contribution is 2.12. The molecule has 2 rings (SSSR count). The Bertz CT molecular complexity index is 721. The lowest BCUT2D eigenvalue weighted by molar-refractivity contribution is 0.0945. The third kappa shape index (κ3) is 9.11. The van der Waals surface area contributed by atoms with Gasteiger partial charge >= 0.3 is 0 Å². The highest BCUT2D eigenvalue weighted by Gasteiger charge is 2.05. The van der Waals surface area contributed by atoms with Crippen LogP contribution in [-0.4, -0.2) is 39.1 Å². The summed E-state index contributed by atoms with van der Waals surface area (Å²) in [4.78, 5) is 24.1. The topological polar surface area (TPSA) is 76.7 Å². The SMILES string of the molecule is COc1ccc(C(=O)NCCCCCCCCCNC(=O)c2ccc(OC)cc2)cc1. The minimum absolute atomic E-state index is 0.0423. The third-order valence-electron chi connectivity index (χ3n) is 5.13. The standard InChI is InChI=1S/C25H34N2O4/c1-30-22-14-10-20(11-15-22)24(28)26-18-8-6-4-3-5-7-9-19-27-25(29)21-12-16-23(31-2)17-13-21/h10-17H,3-9,18-19H2,1-2H3,(H,26,28)(H,27,29). The fourth-order valence-corrected chi connectivity index (χ4v) is 3.23. The van der Waals surface area contributed by atoms with Crippen LogP contribution < -0.4 is 20.1 Å². The Labute approximate surface area is 185 Å². The molecule has 0 unspecified atom stereocenters. The van der Waals surface area contributed by atoms with Gasteiger partial charge < -0.3 is 20.1 Å². The molecule has 2 aromatic rings. The molecule has 0 fully saturated rings. The van der Waals surface area contributed by atoms with Gasteiger partial charge in [-0.05, 0) is 61.4 Å². The van der Waals surface area contributed by atoms with Gasteiger partial charge in [0.25, 0.3) is 11.8 Å². The van der Waals surface area contributed by atoms with E-state index < -0.39 is 0 Å². The van der Waals surface area contributed by atoms with Crippen LogP contribution in [-0.2, 0) is 0 Å². The number of benzene rings is 2. The Morgan fingerprint density at radius 2 is 0.903 bits per heavy atom. The Hall–Kier alpha value is -3.02. The van der Waals surface area contributed by atoms with Crippen molar-refractivity contribution in [3.63, 3.8) is 0 Å². The minimum Gasteiger partial charge on any atom is -0.497 e. The second-order valence-electron chi connectivity index (χ2n) is 7.44. The van der Waals surface area contributed by atoms with Crippen LogP contribution in [0.3, 0.4) is 0 Å². The first kappa shape index (κ1) is 24.3. The van der Waals surface area contributed by atoms with E-state index in [1.165, 1.54) is 6.42 Å². The number of carbonyl (C=O) groups is 2. The normalized spacial score (nSPS) is 10.4. The zero-order valence-electron chi connectivity index (χ0n) is 18.6. The molecule has 0 aliphatic heterocycles. The van der Waals surface area contributed by atoms with Crippen molar-refractivity contribution in [1.82, 2.24) is 10.6 Å². The van der Waals surface area contributed by atoms with Crippen LogP contribution in [0.4, 0.5) is 0 Å². The lowest BCUT2D eigenvalue weighted by Gasteiger charge is -2.07. The number of hydrogen-bond donors (Lipinski definition) is 2. The molecular weight excluding hydrogens is 392 g/mol. The van der Waals surface area contributed by atoms with E-state index in [1.54, 1.807) is 62.8 Å². The molecule has 168 valence electrons. The molecule has 0 aromatic heterocycles. The second kappa shape index (κ2) is 14.1. The molecule has 0 saturated heterocycles. The van der Waals surface area contributed by atoms with E-state index in [1.807, 2.05) is 0 Å². The van der Waals surface area contributed by atoms with E-state index in [0.29, 0.717) is 24.2 Å². The molecule has 2 aromatic carbocycles. The first-order valence-electron chi connectivity index (χ1n) is 11.0. The molecule has 0 spiro atoms. The summed E-state index contributed by atoms with van der Waals surface area (Å²) in [6.07, 6.45) is 7.69. The highest BCUT2D eigenvalue weighted by molar-refractivity contribution is 5.94. The highest BCUT2D eigenvalue weighted by atomic mass is 16.5. The van der Waals surface area contributed by atoms with Crippen molar-refractivity contribution in [3.8, 4) is 11.5 Å². The number of nitrogens with one attached hydrogen (secondary N) is 2. The zero-order valence-corrected chi connectivity index (χ0v) is 18.6. The summed E-state index contributed by atoms with van der Waals surface area (Å²) in [5, 5.41) is 5.92. The molecule has 31 heavy (non-hydrogen) atoms. The number of unbranched alkanes of at least 4 members (excludes halogenated alkanes) is 6. The first-order chi connectivity index (χ1) is 15.1. The smallest absolute Gasteiger partial charge is 0.251 e. The summed E-state index contributed by atoms with van der Waals surface area (Å²) in [6, 6.07) is 14.3. The summed E-state index contributed by atoms with van der Waals surface area (Å²) in [5.74, 6) is 1.41. The van der Waals surface area contributed by atoms with Gasteiger partial charge in [0.15, 0.2) is 0 Å². The molecule has 0 bridgehead atoms. The van der Waals surface area contributed by atoms with Crippen molar-refractivity contribution < 1.29 is 19.1 Å². The molecule has 2 amide bonds. The van der Waals surface area contributed by atoms with E-state index in [2.05, 4.69) is 10.6 Å². The van der Waals surface area contributed by atoms with Crippen LogP contribution in [0, 0.1) is 0 Å². The van der Waals surface area contributed by atoms with Crippen molar-refractivity contribution in [2.75, 3.05) is 27.3 Å². The minimum atomic E-state index is -0.0423. The molecule has 6 nitrogen and oxygen atoms in total. The van der Waals surface area contributed by atoms with Crippen LogP contribution >= 0.6 is 0 Å². The molecule has 0 aliphatic carbocycles. The first-order valence-corrected chi connectivity index (χ1v) is 11.0. The van der Waals surface area contributed by atoms with Gasteiger partial charge in [0.1, 0.15) is 11.5 Å². The monoisotopic (exact) mass is 426 g/mol. The average Bonchev–Trinajstić information content (AvgIpc) is 2.82. The summed E-state index contributed by atoms with van der Waals surface area (Å²) >= 11 is 0. The number of carbonyl (C=O) groups excluding carboxylic acids is 2. The average molecular weight is 427 g/mol. The molecule has 0 aliphatic rings. The van der Waals surface area contributed by atoms with Crippen molar-refractivity contribution in [3.05, 3.63) is 59.7 Å². The molecule has 0 radical (unpaired) electrons. The molecule has 2 N–H and O–H groups in total. The lowest BCUT2D eigenvalue weighted by atomic mass is 10.1. The molecular formula is C25H34N2O4. The fourth-order valence-electron chi connectivity index (χ4n) is 3.23. The van der Waals surface area contributed by atoms with Gasteiger partial charge in [0.2, 0.25) is 0 Å². The Kier molecular flexibility index (Phi) is 11.0. The van der Waals surface area contributed by atoms with Gasteiger partial charge in [0, 0.05) is 24.2 Å². The number of ether oxygens (including phenoxy) is 2. The molecule has 0 atom stereocenters. The van der Waals surface area contributed by atoms with E-state index in [9.17, 15) is 9.59 Å². The summed E-state index contributed by atoms with van der Waals surface area (Å²) in [7, 11) is 3.22. The van der Waals surface area contributed by atoms with Gasteiger partial charge in [0.05, 0.1) is 14.2 Å². The molecule has 6 heteroatoms. The van der Waals surface area contributed by atoms with E-state index in [-0.39, 0.29) is 11.8 Å². The number of hydrogen-bond acceptors (Lipinski definition) is 4. The van der Waals surface area contributed by atoms with Crippen molar-refractivity contribution >= 4 is 11.8 Å². The second-order valence-corrected chi connectivity index (χ2v) is 7.44. The lowest BCUT2D eigenvalue weighted by Crippen LogP contribution is -2.24.